The highest BCUT2D eigenvalue weighted by Crippen LogP contribution is 2.24. The maximum absolute atomic E-state index is 5.66. The summed E-state index contributed by atoms with van der Waals surface area (Å²) in [4.78, 5) is 0. The van der Waals surface area contributed by atoms with Gasteiger partial charge in [-0.3, -0.25) is 0 Å². The molecule has 0 aromatic heterocycles. The summed E-state index contributed by atoms with van der Waals surface area (Å²) >= 11 is 0. The van der Waals surface area contributed by atoms with Crippen molar-refractivity contribution in [3.05, 3.63) is 54.1 Å². The molecule has 0 saturated heterocycles. The van der Waals surface area contributed by atoms with E-state index in [1.165, 1.54) is 0 Å². The zero-order valence-corrected chi connectivity index (χ0v) is 10.9. The van der Waals surface area contributed by atoms with Crippen molar-refractivity contribution in [2.45, 2.75) is 20.3 Å². The minimum Gasteiger partial charge on any atom is -0.493 e. The Balaban J connectivity index is 2.09. The molecule has 0 spiro atoms. The summed E-state index contributed by atoms with van der Waals surface area (Å²) in [5.41, 5.74) is 3.34. The van der Waals surface area contributed by atoms with E-state index in [0.717, 1.165) is 35.7 Å². The van der Waals surface area contributed by atoms with Crippen LogP contribution in [-0.4, -0.2) is 6.61 Å². The molecular weight excluding hydrogens is 222 g/mol. The van der Waals surface area contributed by atoms with Crippen LogP contribution in [0.2, 0.25) is 0 Å². The predicted octanol–water partition coefficient (Wildman–Crippen LogP) is 4.53. The molecule has 94 valence electrons. The maximum Gasteiger partial charge on any atom is 0.122 e. The number of rotatable bonds is 5. The van der Waals surface area contributed by atoms with E-state index in [2.05, 4.69) is 37.4 Å². The van der Waals surface area contributed by atoms with Gasteiger partial charge in [-0.1, -0.05) is 25.1 Å². The fourth-order valence-corrected chi connectivity index (χ4v) is 1.79. The Bertz CT molecular complexity index is 494. The molecule has 0 saturated carbocycles. The first kappa shape index (κ1) is 12.5. The lowest BCUT2D eigenvalue weighted by Crippen LogP contribution is -1.98. The van der Waals surface area contributed by atoms with Crippen molar-refractivity contribution in [2.75, 3.05) is 11.9 Å². The molecule has 0 unspecified atom stereocenters. The molecule has 0 aliphatic heterocycles. The third kappa shape index (κ3) is 3.27. The molecule has 0 atom stereocenters. The summed E-state index contributed by atoms with van der Waals surface area (Å²) in [5, 5.41) is 3.37. The second-order valence-corrected chi connectivity index (χ2v) is 4.32. The second kappa shape index (κ2) is 6.10. The van der Waals surface area contributed by atoms with Crippen molar-refractivity contribution in [3.63, 3.8) is 0 Å². The Kier molecular flexibility index (Phi) is 4.24. The van der Waals surface area contributed by atoms with Crippen molar-refractivity contribution in [2.24, 2.45) is 0 Å². The van der Waals surface area contributed by atoms with Crippen LogP contribution in [0.5, 0.6) is 5.75 Å². The number of hydrogen-bond donors (Lipinski definition) is 1. The summed E-state index contributed by atoms with van der Waals surface area (Å²) in [5.74, 6) is 0.968. The highest BCUT2D eigenvalue weighted by Gasteiger charge is 2.01. The van der Waals surface area contributed by atoms with Crippen molar-refractivity contribution in [3.8, 4) is 5.75 Å². The first-order chi connectivity index (χ1) is 8.79. The van der Waals surface area contributed by atoms with E-state index in [4.69, 9.17) is 4.74 Å². The van der Waals surface area contributed by atoms with Crippen LogP contribution in [0.25, 0.3) is 0 Å². The number of aryl methyl sites for hydroxylation is 1. The quantitative estimate of drug-likeness (QED) is 0.830. The molecule has 2 nitrogen and oxygen atoms in total. The number of benzene rings is 2. The molecule has 0 aliphatic rings. The van der Waals surface area contributed by atoms with Crippen LogP contribution in [0.15, 0.2) is 48.5 Å². The number of para-hydroxylation sites is 1. The molecule has 0 aliphatic carbocycles. The van der Waals surface area contributed by atoms with Gasteiger partial charge in [-0.2, -0.15) is 0 Å². The Labute approximate surface area is 109 Å². The molecule has 0 amide bonds. The van der Waals surface area contributed by atoms with Crippen molar-refractivity contribution in [1.82, 2.24) is 0 Å². The second-order valence-electron chi connectivity index (χ2n) is 4.32. The molecule has 2 aromatic carbocycles. The normalized spacial score (nSPS) is 10.1. The number of nitrogens with one attached hydrogen (secondary N) is 1. The van der Waals surface area contributed by atoms with Gasteiger partial charge in [0.15, 0.2) is 0 Å². The van der Waals surface area contributed by atoms with Crippen LogP contribution < -0.4 is 10.1 Å². The SMILES string of the molecule is CCCOc1ccc(Nc2ccccc2)cc1C. The summed E-state index contributed by atoms with van der Waals surface area (Å²) < 4.78 is 5.66. The fraction of sp³-hybridized carbons (Fsp3) is 0.250. The number of ether oxygens (including phenoxy) is 1. The average Bonchev–Trinajstić information content (AvgIpc) is 2.39. The van der Waals surface area contributed by atoms with Crippen LogP contribution in [0.3, 0.4) is 0 Å². The minimum absolute atomic E-state index is 0.770. The summed E-state index contributed by atoms with van der Waals surface area (Å²) in [6, 6.07) is 16.3. The summed E-state index contributed by atoms with van der Waals surface area (Å²) in [6.07, 6.45) is 1.03. The van der Waals surface area contributed by atoms with Crippen molar-refractivity contribution < 1.29 is 4.74 Å². The smallest absolute Gasteiger partial charge is 0.122 e. The van der Waals surface area contributed by atoms with E-state index in [1.54, 1.807) is 0 Å². The first-order valence-electron chi connectivity index (χ1n) is 6.35. The lowest BCUT2D eigenvalue weighted by Gasteiger charge is -2.11. The number of anilines is 2. The van der Waals surface area contributed by atoms with E-state index >= 15 is 0 Å². The molecular formula is C16H19NO. The maximum atomic E-state index is 5.66. The zero-order chi connectivity index (χ0) is 12.8. The van der Waals surface area contributed by atoms with Crippen LogP contribution in [0, 0.1) is 6.92 Å². The molecule has 1 N–H and O–H groups in total. The molecule has 0 radical (unpaired) electrons. The Morgan fingerprint density at radius 2 is 1.78 bits per heavy atom. The third-order valence-corrected chi connectivity index (χ3v) is 2.70. The van der Waals surface area contributed by atoms with E-state index in [9.17, 15) is 0 Å². The van der Waals surface area contributed by atoms with Gasteiger partial charge >= 0.3 is 0 Å². The van der Waals surface area contributed by atoms with Gasteiger partial charge in [0.2, 0.25) is 0 Å². The molecule has 18 heavy (non-hydrogen) atoms. The lowest BCUT2D eigenvalue weighted by atomic mass is 10.2. The lowest BCUT2D eigenvalue weighted by molar-refractivity contribution is 0.315. The third-order valence-electron chi connectivity index (χ3n) is 2.70. The number of hydrogen-bond acceptors (Lipinski definition) is 2. The van der Waals surface area contributed by atoms with E-state index < -0.39 is 0 Å². The predicted molar refractivity (Wildman–Crippen MR) is 76.7 cm³/mol. The Morgan fingerprint density at radius 3 is 2.44 bits per heavy atom. The summed E-state index contributed by atoms with van der Waals surface area (Å²) in [7, 11) is 0. The van der Waals surface area contributed by atoms with Gasteiger partial charge in [-0.15, -0.1) is 0 Å². The van der Waals surface area contributed by atoms with E-state index in [0.29, 0.717) is 0 Å². The molecule has 2 aromatic rings. The standard InChI is InChI=1S/C16H19NO/c1-3-11-18-16-10-9-15(12-13(16)2)17-14-7-5-4-6-8-14/h4-10,12,17H,3,11H2,1-2H3. The van der Waals surface area contributed by atoms with Gasteiger partial charge in [0.05, 0.1) is 6.61 Å². The highest BCUT2D eigenvalue weighted by atomic mass is 16.5. The molecule has 2 rings (SSSR count). The van der Waals surface area contributed by atoms with Gasteiger partial charge in [0.1, 0.15) is 5.75 Å². The van der Waals surface area contributed by atoms with Gasteiger partial charge in [0, 0.05) is 11.4 Å². The molecule has 0 bridgehead atoms. The molecule has 0 heterocycles. The van der Waals surface area contributed by atoms with Gasteiger partial charge in [-0.25, -0.2) is 0 Å². The van der Waals surface area contributed by atoms with Crippen LogP contribution >= 0.6 is 0 Å². The monoisotopic (exact) mass is 241 g/mol. The topological polar surface area (TPSA) is 21.3 Å². The average molecular weight is 241 g/mol. The Morgan fingerprint density at radius 1 is 1.00 bits per heavy atom. The molecule has 2 heteroatoms. The zero-order valence-electron chi connectivity index (χ0n) is 10.9. The van der Waals surface area contributed by atoms with E-state index in [1.807, 2.05) is 30.3 Å². The minimum atomic E-state index is 0.770. The highest BCUT2D eigenvalue weighted by molar-refractivity contribution is 5.61. The summed E-state index contributed by atoms with van der Waals surface area (Å²) in [6.45, 7) is 4.95. The first-order valence-corrected chi connectivity index (χ1v) is 6.35. The van der Waals surface area contributed by atoms with Crippen molar-refractivity contribution >= 4 is 11.4 Å². The fourth-order valence-electron chi connectivity index (χ4n) is 1.79. The largest absolute Gasteiger partial charge is 0.493 e. The van der Waals surface area contributed by atoms with Gasteiger partial charge < -0.3 is 10.1 Å². The Hall–Kier alpha value is -1.96. The van der Waals surface area contributed by atoms with E-state index in [-0.39, 0.29) is 0 Å². The van der Waals surface area contributed by atoms with Crippen molar-refractivity contribution in [1.29, 1.82) is 0 Å². The van der Waals surface area contributed by atoms with Gasteiger partial charge in [-0.05, 0) is 49.2 Å². The molecule has 0 fully saturated rings. The van der Waals surface area contributed by atoms with Gasteiger partial charge in [0.25, 0.3) is 0 Å². The van der Waals surface area contributed by atoms with Crippen LogP contribution in [0.1, 0.15) is 18.9 Å². The van der Waals surface area contributed by atoms with Crippen LogP contribution in [-0.2, 0) is 0 Å². The van der Waals surface area contributed by atoms with Crippen LogP contribution in [0.4, 0.5) is 11.4 Å².